The molecule has 2 aromatic rings. The maximum atomic E-state index is 13.4. The molecule has 0 bridgehead atoms. The number of aromatic nitrogens is 2. The number of amides is 2. The maximum Gasteiger partial charge on any atom is 0.420 e. The lowest BCUT2D eigenvalue weighted by Crippen LogP contribution is -2.34. The predicted molar refractivity (Wildman–Crippen MR) is 93.1 cm³/mol. The Morgan fingerprint density at radius 2 is 1.93 bits per heavy atom. The summed E-state index contributed by atoms with van der Waals surface area (Å²) < 4.78 is 41.4. The number of anilines is 1. The fourth-order valence-corrected chi connectivity index (χ4v) is 2.78. The van der Waals surface area contributed by atoms with E-state index in [1.54, 1.807) is 11.8 Å². The molecule has 11 heteroatoms. The van der Waals surface area contributed by atoms with Crippen molar-refractivity contribution in [3.8, 4) is 0 Å². The van der Waals surface area contributed by atoms with Gasteiger partial charge in [0.25, 0.3) is 5.91 Å². The second-order valence-electron chi connectivity index (χ2n) is 6.00. The SMILES string of the molecule is CCC(=O)NCCNC(=O)c1nc2c(C(F)(F)F)cc(N3CC3)cn2c1Cl. The zero-order chi connectivity index (χ0) is 19.8. The zero-order valence-electron chi connectivity index (χ0n) is 14.4. The number of nitrogens with zero attached hydrogens (tertiary/aromatic N) is 3. The number of nitrogens with one attached hydrogen (secondary N) is 2. The van der Waals surface area contributed by atoms with E-state index in [2.05, 4.69) is 15.6 Å². The number of carbonyl (C=O) groups is 2. The molecule has 1 fully saturated rings. The summed E-state index contributed by atoms with van der Waals surface area (Å²) in [6.07, 6.45) is -2.89. The van der Waals surface area contributed by atoms with E-state index in [1.807, 2.05) is 0 Å². The number of pyridine rings is 1. The van der Waals surface area contributed by atoms with E-state index in [9.17, 15) is 22.8 Å². The third-order valence-corrected chi connectivity index (χ3v) is 4.40. The van der Waals surface area contributed by atoms with Crippen LogP contribution in [0.5, 0.6) is 0 Å². The second kappa shape index (κ2) is 7.26. The lowest BCUT2D eigenvalue weighted by atomic mass is 10.2. The number of fused-ring (bicyclic) bond motifs is 1. The van der Waals surface area contributed by atoms with Gasteiger partial charge < -0.3 is 15.5 Å². The van der Waals surface area contributed by atoms with Crippen molar-refractivity contribution in [3.63, 3.8) is 0 Å². The van der Waals surface area contributed by atoms with Crippen LogP contribution in [0.2, 0.25) is 5.15 Å². The van der Waals surface area contributed by atoms with Crippen molar-refractivity contribution in [3.05, 3.63) is 28.7 Å². The van der Waals surface area contributed by atoms with Gasteiger partial charge in [-0.3, -0.25) is 14.0 Å². The van der Waals surface area contributed by atoms with Gasteiger partial charge in [0.15, 0.2) is 11.3 Å². The number of alkyl halides is 3. The van der Waals surface area contributed by atoms with Crippen LogP contribution < -0.4 is 15.5 Å². The highest BCUT2D eigenvalue weighted by Crippen LogP contribution is 2.37. The van der Waals surface area contributed by atoms with Gasteiger partial charge in [0.2, 0.25) is 5.91 Å². The molecule has 1 aliphatic rings. The van der Waals surface area contributed by atoms with Gasteiger partial charge in [-0.2, -0.15) is 13.2 Å². The van der Waals surface area contributed by atoms with Gasteiger partial charge in [0, 0.05) is 38.8 Å². The van der Waals surface area contributed by atoms with Crippen LogP contribution in [0, 0.1) is 0 Å². The van der Waals surface area contributed by atoms with Crippen molar-refractivity contribution < 1.29 is 22.8 Å². The lowest BCUT2D eigenvalue weighted by molar-refractivity contribution is -0.136. The van der Waals surface area contributed by atoms with Gasteiger partial charge in [-0.1, -0.05) is 18.5 Å². The Balaban J connectivity index is 1.87. The molecule has 146 valence electrons. The first-order chi connectivity index (χ1) is 12.7. The van der Waals surface area contributed by atoms with Crippen LogP contribution in [0.25, 0.3) is 5.65 Å². The first-order valence-electron chi connectivity index (χ1n) is 8.31. The van der Waals surface area contributed by atoms with E-state index in [-0.39, 0.29) is 29.8 Å². The Labute approximate surface area is 157 Å². The van der Waals surface area contributed by atoms with Crippen LogP contribution >= 0.6 is 11.6 Å². The molecular weight excluding hydrogens is 387 g/mol. The third-order valence-electron chi connectivity index (χ3n) is 4.03. The van der Waals surface area contributed by atoms with Crippen LogP contribution in [0.1, 0.15) is 29.4 Å². The third kappa shape index (κ3) is 4.10. The zero-order valence-corrected chi connectivity index (χ0v) is 15.1. The smallest absolute Gasteiger partial charge is 0.367 e. The van der Waals surface area contributed by atoms with E-state index >= 15 is 0 Å². The Bertz CT molecular complexity index is 892. The number of rotatable bonds is 6. The van der Waals surface area contributed by atoms with E-state index < -0.39 is 23.3 Å². The molecule has 7 nitrogen and oxygen atoms in total. The van der Waals surface area contributed by atoms with Crippen molar-refractivity contribution in [1.82, 2.24) is 20.0 Å². The molecule has 0 unspecified atom stereocenters. The molecule has 2 N–H and O–H groups in total. The molecule has 1 saturated heterocycles. The highest BCUT2D eigenvalue weighted by molar-refractivity contribution is 6.33. The molecule has 2 aromatic heterocycles. The van der Waals surface area contributed by atoms with Crippen molar-refractivity contribution in [2.45, 2.75) is 19.5 Å². The molecule has 27 heavy (non-hydrogen) atoms. The largest absolute Gasteiger partial charge is 0.420 e. The van der Waals surface area contributed by atoms with E-state index in [0.717, 1.165) is 10.5 Å². The Kier molecular flexibility index (Phi) is 5.18. The van der Waals surface area contributed by atoms with E-state index in [1.165, 1.54) is 6.20 Å². The first kappa shape index (κ1) is 19.3. The summed E-state index contributed by atoms with van der Waals surface area (Å²) in [4.78, 5) is 29.0. The summed E-state index contributed by atoms with van der Waals surface area (Å²) in [5.74, 6) is -0.886. The molecule has 1 aliphatic heterocycles. The van der Waals surface area contributed by atoms with Crippen LogP contribution in [-0.2, 0) is 11.0 Å². The molecule has 3 rings (SSSR count). The summed E-state index contributed by atoms with van der Waals surface area (Å²) in [6, 6.07) is 1.01. The molecule has 0 spiro atoms. The minimum atomic E-state index is -4.64. The average molecular weight is 404 g/mol. The highest BCUT2D eigenvalue weighted by atomic mass is 35.5. The van der Waals surface area contributed by atoms with E-state index in [4.69, 9.17) is 11.6 Å². The summed E-state index contributed by atoms with van der Waals surface area (Å²) in [6.45, 7) is 3.29. The summed E-state index contributed by atoms with van der Waals surface area (Å²) in [7, 11) is 0. The van der Waals surface area contributed by atoms with Gasteiger partial charge in [-0.15, -0.1) is 0 Å². The van der Waals surface area contributed by atoms with Crippen LogP contribution in [0.15, 0.2) is 12.3 Å². The first-order valence-corrected chi connectivity index (χ1v) is 8.68. The van der Waals surface area contributed by atoms with Crippen molar-refractivity contribution >= 4 is 34.7 Å². The molecule has 0 saturated carbocycles. The van der Waals surface area contributed by atoms with Gasteiger partial charge >= 0.3 is 6.18 Å². The van der Waals surface area contributed by atoms with Crippen molar-refractivity contribution in [2.24, 2.45) is 0 Å². The van der Waals surface area contributed by atoms with Gasteiger partial charge in [0.1, 0.15) is 10.7 Å². The molecule has 3 heterocycles. The van der Waals surface area contributed by atoms with Crippen LogP contribution in [0.3, 0.4) is 0 Å². The Morgan fingerprint density at radius 3 is 2.52 bits per heavy atom. The molecule has 0 aliphatic carbocycles. The summed E-state index contributed by atoms with van der Waals surface area (Å²) in [5.41, 5.74) is -1.32. The molecule has 2 amide bonds. The molecule has 0 aromatic carbocycles. The minimum Gasteiger partial charge on any atom is -0.367 e. The average Bonchev–Trinajstić information content (AvgIpc) is 3.41. The minimum absolute atomic E-state index is 0.0972. The highest BCUT2D eigenvalue weighted by Gasteiger charge is 2.37. The fraction of sp³-hybridized carbons (Fsp3) is 0.438. The molecule has 0 radical (unpaired) electrons. The van der Waals surface area contributed by atoms with Crippen LogP contribution in [-0.4, -0.2) is 47.4 Å². The van der Waals surface area contributed by atoms with Crippen LogP contribution in [0.4, 0.5) is 18.9 Å². The van der Waals surface area contributed by atoms with Gasteiger partial charge in [-0.25, -0.2) is 4.98 Å². The summed E-state index contributed by atoms with van der Waals surface area (Å²) in [5, 5.41) is 4.85. The van der Waals surface area contributed by atoms with Gasteiger partial charge in [-0.05, 0) is 6.07 Å². The maximum absolute atomic E-state index is 13.4. The Hall–Kier alpha value is -2.49. The predicted octanol–water partition coefficient (Wildman–Crippen LogP) is 2.08. The number of halogens is 4. The quantitative estimate of drug-likeness (QED) is 0.572. The topological polar surface area (TPSA) is 78.5 Å². The fourth-order valence-electron chi connectivity index (χ4n) is 2.52. The van der Waals surface area contributed by atoms with Crippen molar-refractivity contribution in [1.29, 1.82) is 0 Å². The Morgan fingerprint density at radius 1 is 1.26 bits per heavy atom. The number of imidazole rings is 1. The van der Waals surface area contributed by atoms with Crippen molar-refractivity contribution in [2.75, 3.05) is 31.1 Å². The lowest BCUT2D eigenvalue weighted by Gasteiger charge is -2.11. The number of carbonyl (C=O) groups excluding carboxylic acids is 2. The number of hydrogen-bond acceptors (Lipinski definition) is 4. The standard InChI is InChI=1S/C16H17ClF3N5O2/c1-2-11(26)21-3-4-22-15(27)12-13(17)25-8-9(24-5-6-24)7-10(14(25)23-12)16(18,19)20/h7-8H,2-6H2,1H3,(H,21,26)(H,22,27). The molecule has 0 atom stereocenters. The summed E-state index contributed by atoms with van der Waals surface area (Å²) >= 11 is 6.14. The molecular formula is C16H17ClF3N5O2. The normalized spacial score (nSPS) is 13.7. The number of hydrogen-bond donors (Lipinski definition) is 2. The second-order valence-corrected chi connectivity index (χ2v) is 6.36. The van der Waals surface area contributed by atoms with Gasteiger partial charge in [0.05, 0.1) is 5.69 Å². The monoisotopic (exact) mass is 403 g/mol. The van der Waals surface area contributed by atoms with E-state index in [0.29, 0.717) is 25.2 Å².